The van der Waals surface area contributed by atoms with Crippen molar-refractivity contribution in [1.29, 1.82) is 0 Å². The highest BCUT2D eigenvalue weighted by atomic mass is 16.5. The van der Waals surface area contributed by atoms with E-state index in [1.807, 2.05) is 0 Å². The molecule has 1 heterocycles. The maximum absolute atomic E-state index is 13.1. The lowest BCUT2D eigenvalue weighted by Crippen LogP contribution is -2.54. The van der Waals surface area contributed by atoms with Crippen LogP contribution in [0.25, 0.3) is 0 Å². The van der Waals surface area contributed by atoms with Gasteiger partial charge in [-0.05, 0) is 36.4 Å². The Morgan fingerprint density at radius 2 is 1.59 bits per heavy atom. The van der Waals surface area contributed by atoms with Crippen LogP contribution in [-0.4, -0.2) is 62.6 Å². The van der Waals surface area contributed by atoms with E-state index in [0.29, 0.717) is 17.2 Å². The summed E-state index contributed by atoms with van der Waals surface area (Å²) in [6.45, 7) is 0.764. The van der Waals surface area contributed by atoms with Crippen molar-refractivity contribution in [3.63, 3.8) is 0 Å². The lowest BCUT2D eigenvalue weighted by molar-refractivity contribution is -0.146. The summed E-state index contributed by atoms with van der Waals surface area (Å²) in [5.41, 5.74) is 2.57. The molecule has 11 nitrogen and oxygen atoms in total. The summed E-state index contributed by atoms with van der Waals surface area (Å²) < 4.78 is 20.9. The van der Waals surface area contributed by atoms with E-state index < -0.39 is 36.3 Å². The van der Waals surface area contributed by atoms with E-state index in [9.17, 15) is 19.2 Å². The van der Waals surface area contributed by atoms with Gasteiger partial charge in [0.15, 0.2) is 6.61 Å². The number of methoxy groups -OCH3 is 3. The first-order valence-corrected chi connectivity index (χ1v) is 10.2. The fourth-order valence-electron chi connectivity index (χ4n) is 3.40. The molecule has 0 aliphatic carbocycles. The van der Waals surface area contributed by atoms with Crippen LogP contribution in [0.4, 0.5) is 5.69 Å². The smallest absolute Gasteiger partial charge is 0.276 e. The minimum absolute atomic E-state index is 0.207. The highest BCUT2D eigenvalue weighted by Crippen LogP contribution is 2.35. The average molecular weight is 471 g/mol. The Morgan fingerprint density at radius 3 is 2.18 bits per heavy atom. The third-order valence-electron chi connectivity index (χ3n) is 5.08. The molecule has 11 heteroatoms. The molecule has 0 saturated carbocycles. The van der Waals surface area contributed by atoms with Gasteiger partial charge in [0.05, 0.1) is 33.4 Å². The molecule has 2 aromatic carbocycles. The number of carbonyl (C=O) groups is 4. The molecule has 3 rings (SSSR count). The standard InChI is InChI=1S/C23H25N3O8/c1-14(27)26(24-21(28)13-34-16-7-5-15(31-2)6-8-16)19-12-22(29)25(23(19)30)18-10-9-17(32-3)11-20(18)33-4/h5-11,19H,12-13H2,1-4H3,(H,24,28). The Balaban J connectivity index is 1.72. The van der Waals surface area contributed by atoms with Gasteiger partial charge in [-0.3, -0.25) is 24.6 Å². The van der Waals surface area contributed by atoms with E-state index in [-0.39, 0.29) is 17.9 Å². The molecule has 1 atom stereocenters. The maximum Gasteiger partial charge on any atom is 0.276 e. The van der Waals surface area contributed by atoms with Crippen molar-refractivity contribution in [3.8, 4) is 23.0 Å². The Hall–Kier alpha value is -4.28. The van der Waals surface area contributed by atoms with Gasteiger partial charge in [-0.1, -0.05) is 0 Å². The molecule has 4 amide bonds. The molecule has 1 fully saturated rings. The number of amides is 4. The first-order chi connectivity index (χ1) is 16.3. The van der Waals surface area contributed by atoms with Crippen molar-refractivity contribution < 1.29 is 38.1 Å². The van der Waals surface area contributed by atoms with Gasteiger partial charge in [0.25, 0.3) is 11.8 Å². The Kier molecular flexibility index (Phi) is 7.57. The summed E-state index contributed by atoms with van der Waals surface area (Å²) in [6, 6.07) is 9.97. The van der Waals surface area contributed by atoms with Gasteiger partial charge in [0.2, 0.25) is 11.8 Å². The number of hydrogen-bond acceptors (Lipinski definition) is 8. The Labute approximate surface area is 196 Å². The van der Waals surface area contributed by atoms with Crippen LogP contribution in [0.2, 0.25) is 0 Å². The number of carbonyl (C=O) groups excluding carboxylic acids is 4. The van der Waals surface area contributed by atoms with Crippen LogP contribution in [0.1, 0.15) is 13.3 Å². The summed E-state index contributed by atoms with van der Waals surface area (Å²) in [5.74, 6) is -0.760. The molecule has 1 unspecified atom stereocenters. The Bertz CT molecular complexity index is 1090. The van der Waals surface area contributed by atoms with Gasteiger partial charge in [-0.25, -0.2) is 9.91 Å². The second-order valence-electron chi connectivity index (χ2n) is 7.21. The molecule has 0 spiro atoms. The number of benzene rings is 2. The number of hydrogen-bond donors (Lipinski definition) is 1. The number of ether oxygens (including phenoxy) is 4. The average Bonchev–Trinajstić information content (AvgIpc) is 3.13. The largest absolute Gasteiger partial charge is 0.497 e. The monoisotopic (exact) mass is 471 g/mol. The number of imide groups is 1. The van der Waals surface area contributed by atoms with Crippen molar-refractivity contribution in [2.45, 2.75) is 19.4 Å². The van der Waals surface area contributed by atoms with E-state index in [1.54, 1.807) is 30.3 Å². The van der Waals surface area contributed by atoms with Crippen molar-refractivity contribution >= 4 is 29.3 Å². The van der Waals surface area contributed by atoms with Gasteiger partial charge in [-0.2, -0.15) is 0 Å². The predicted molar refractivity (Wildman–Crippen MR) is 120 cm³/mol. The third-order valence-corrected chi connectivity index (χ3v) is 5.08. The summed E-state index contributed by atoms with van der Waals surface area (Å²) >= 11 is 0. The summed E-state index contributed by atoms with van der Waals surface area (Å²) in [5, 5.41) is 0.843. The van der Waals surface area contributed by atoms with Gasteiger partial charge in [0.1, 0.15) is 29.0 Å². The second-order valence-corrected chi connectivity index (χ2v) is 7.21. The van der Waals surface area contributed by atoms with Crippen molar-refractivity contribution in [3.05, 3.63) is 42.5 Å². The number of rotatable bonds is 8. The molecule has 1 aliphatic heterocycles. The van der Waals surface area contributed by atoms with Crippen LogP contribution in [-0.2, 0) is 19.2 Å². The molecule has 180 valence electrons. The number of nitrogens with zero attached hydrogens (tertiary/aromatic N) is 2. The molecule has 0 aromatic heterocycles. The van der Waals surface area contributed by atoms with E-state index in [4.69, 9.17) is 18.9 Å². The van der Waals surface area contributed by atoms with Crippen LogP contribution in [0.15, 0.2) is 42.5 Å². The van der Waals surface area contributed by atoms with E-state index in [0.717, 1.165) is 9.91 Å². The SMILES string of the molecule is COc1ccc(OCC(=O)NN(C(C)=O)C2CC(=O)N(c3ccc(OC)cc3OC)C2=O)cc1. The molecule has 2 aromatic rings. The normalized spacial score (nSPS) is 15.1. The zero-order valence-corrected chi connectivity index (χ0v) is 19.2. The summed E-state index contributed by atoms with van der Waals surface area (Å²) in [7, 11) is 4.40. The highest BCUT2D eigenvalue weighted by Gasteiger charge is 2.45. The quantitative estimate of drug-likeness (QED) is 0.451. The van der Waals surface area contributed by atoms with E-state index in [1.165, 1.54) is 40.4 Å². The number of nitrogens with one attached hydrogen (secondary N) is 1. The molecule has 1 saturated heterocycles. The predicted octanol–water partition coefficient (Wildman–Crippen LogP) is 1.30. The zero-order valence-electron chi connectivity index (χ0n) is 19.2. The molecule has 1 N–H and O–H groups in total. The minimum atomic E-state index is -1.22. The number of anilines is 1. The maximum atomic E-state index is 13.1. The van der Waals surface area contributed by atoms with Crippen LogP contribution >= 0.6 is 0 Å². The first kappa shape index (κ1) is 24.4. The molecule has 0 radical (unpaired) electrons. The lowest BCUT2D eigenvalue weighted by atomic mass is 10.2. The highest BCUT2D eigenvalue weighted by molar-refractivity contribution is 6.23. The zero-order chi connectivity index (χ0) is 24.8. The molecule has 0 bridgehead atoms. The van der Waals surface area contributed by atoms with Crippen LogP contribution in [0.5, 0.6) is 23.0 Å². The van der Waals surface area contributed by atoms with Gasteiger partial charge in [0, 0.05) is 13.0 Å². The van der Waals surface area contributed by atoms with Crippen LogP contribution in [0, 0.1) is 0 Å². The molecular weight excluding hydrogens is 446 g/mol. The number of hydrazine groups is 1. The Morgan fingerprint density at radius 1 is 0.971 bits per heavy atom. The minimum Gasteiger partial charge on any atom is -0.497 e. The van der Waals surface area contributed by atoms with Gasteiger partial charge in [-0.15, -0.1) is 0 Å². The molecule has 34 heavy (non-hydrogen) atoms. The van der Waals surface area contributed by atoms with Crippen molar-refractivity contribution in [1.82, 2.24) is 10.4 Å². The lowest BCUT2D eigenvalue weighted by Gasteiger charge is -2.26. The fraction of sp³-hybridized carbons (Fsp3) is 0.304. The van der Waals surface area contributed by atoms with Gasteiger partial charge < -0.3 is 18.9 Å². The molecular formula is C23H25N3O8. The van der Waals surface area contributed by atoms with Crippen molar-refractivity contribution in [2.24, 2.45) is 0 Å². The topological polar surface area (TPSA) is 124 Å². The first-order valence-electron chi connectivity index (χ1n) is 10.2. The van der Waals surface area contributed by atoms with E-state index in [2.05, 4.69) is 5.43 Å². The summed E-state index contributed by atoms with van der Waals surface area (Å²) in [6.07, 6.45) is -0.312. The van der Waals surface area contributed by atoms with E-state index >= 15 is 0 Å². The van der Waals surface area contributed by atoms with Crippen LogP contribution < -0.4 is 29.3 Å². The summed E-state index contributed by atoms with van der Waals surface area (Å²) in [4.78, 5) is 51.5. The van der Waals surface area contributed by atoms with Gasteiger partial charge >= 0.3 is 0 Å². The third kappa shape index (κ3) is 5.20. The second kappa shape index (κ2) is 10.6. The molecule has 1 aliphatic rings. The van der Waals surface area contributed by atoms with Crippen LogP contribution in [0.3, 0.4) is 0 Å². The van der Waals surface area contributed by atoms with Crippen molar-refractivity contribution in [2.75, 3.05) is 32.8 Å². The fourth-order valence-corrected chi connectivity index (χ4v) is 3.40.